The number of para-hydroxylation sites is 1. The zero-order chi connectivity index (χ0) is 26.5. The quantitative estimate of drug-likeness (QED) is 0.198. The van der Waals surface area contributed by atoms with Crippen molar-refractivity contribution in [1.82, 2.24) is 24.7 Å². The first kappa shape index (κ1) is 22.8. The van der Waals surface area contributed by atoms with E-state index >= 15 is 0 Å². The van der Waals surface area contributed by atoms with Gasteiger partial charge in [0.2, 0.25) is 0 Å². The summed E-state index contributed by atoms with van der Waals surface area (Å²) in [5, 5.41) is 12.6. The molecule has 7 rings (SSSR count). The molecule has 0 bridgehead atoms. The Balaban J connectivity index is 1.43. The molecule has 3 heterocycles. The second-order valence-corrected chi connectivity index (χ2v) is 9.49. The Kier molecular flexibility index (Phi) is 5.19. The number of hydrogen-bond acceptors (Lipinski definition) is 4. The molecule has 0 radical (unpaired) electrons. The molecule has 0 aliphatic carbocycles. The monoisotopic (exact) mass is 513 g/mol. The molecule has 0 aliphatic heterocycles. The molecule has 3 aromatic heterocycles. The van der Waals surface area contributed by atoms with Crippen molar-refractivity contribution in [3.05, 3.63) is 115 Å². The molecule has 7 aromatic rings. The van der Waals surface area contributed by atoms with E-state index in [9.17, 15) is 4.39 Å². The molecular formula is C31H24FN7. The highest BCUT2D eigenvalue weighted by atomic mass is 19.1. The first-order valence-corrected chi connectivity index (χ1v) is 12.6. The average Bonchev–Trinajstić information content (AvgIpc) is 3.68. The van der Waals surface area contributed by atoms with E-state index in [4.69, 9.17) is 10.7 Å². The van der Waals surface area contributed by atoms with Gasteiger partial charge in [0, 0.05) is 45.2 Å². The number of imidazole rings is 1. The minimum Gasteiger partial charge on any atom is -0.399 e. The number of anilines is 1. The Labute approximate surface area is 222 Å². The molecule has 0 saturated carbocycles. The van der Waals surface area contributed by atoms with E-state index in [0.29, 0.717) is 23.6 Å². The number of aromatic nitrogens is 5. The summed E-state index contributed by atoms with van der Waals surface area (Å²) in [4.78, 5) is 8.10. The minimum absolute atomic E-state index is 0.298. The van der Waals surface area contributed by atoms with E-state index < -0.39 is 0 Å². The summed E-state index contributed by atoms with van der Waals surface area (Å²) in [5.41, 5.74) is 14.7. The highest BCUT2D eigenvalue weighted by Crippen LogP contribution is 2.39. The van der Waals surface area contributed by atoms with Gasteiger partial charge in [-0.2, -0.15) is 5.10 Å². The third kappa shape index (κ3) is 3.81. The van der Waals surface area contributed by atoms with Crippen molar-refractivity contribution in [2.24, 2.45) is 5.73 Å². The second-order valence-electron chi connectivity index (χ2n) is 9.49. The molecule has 0 atom stereocenters. The number of hydrogen-bond donors (Lipinski definition) is 4. The Hall–Kier alpha value is -5.37. The van der Waals surface area contributed by atoms with E-state index in [-0.39, 0.29) is 5.82 Å². The third-order valence-corrected chi connectivity index (χ3v) is 7.03. The minimum atomic E-state index is -0.298. The van der Waals surface area contributed by atoms with E-state index in [2.05, 4.69) is 62.0 Å². The highest BCUT2D eigenvalue weighted by Gasteiger charge is 2.18. The van der Waals surface area contributed by atoms with Gasteiger partial charge in [0.25, 0.3) is 0 Å². The van der Waals surface area contributed by atoms with Gasteiger partial charge >= 0.3 is 0 Å². The molecule has 39 heavy (non-hydrogen) atoms. The van der Waals surface area contributed by atoms with E-state index in [1.807, 2.05) is 36.4 Å². The predicted molar refractivity (Wildman–Crippen MR) is 155 cm³/mol. The summed E-state index contributed by atoms with van der Waals surface area (Å²) < 4.78 is 16.1. The Morgan fingerprint density at radius 3 is 2.69 bits per heavy atom. The second kappa shape index (κ2) is 8.88. The van der Waals surface area contributed by atoms with Gasteiger partial charge in [0.15, 0.2) is 0 Å². The lowest BCUT2D eigenvalue weighted by molar-refractivity contribution is 0.629. The number of fused-ring (bicyclic) bond motifs is 4. The van der Waals surface area contributed by atoms with Crippen LogP contribution in [0.3, 0.4) is 0 Å². The Morgan fingerprint density at radius 2 is 1.85 bits per heavy atom. The van der Waals surface area contributed by atoms with Crippen molar-refractivity contribution < 1.29 is 4.39 Å². The predicted octanol–water partition coefficient (Wildman–Crippen LogP) is 6.73. The third-order valence-electron chi connectivity index (χ3n) is 7.03. The number of benzene rings is 4. The van der Waals surface area contributed by atoms with Gasteiger partial charge in [0.1, 0.15) is 11.6 Å². The normalized spacial score (nSPS) is 11.5. The van der Waals surface area contributed by atoms with Gasteiger partial charge < -0.3 is 20.6 Å². The maximum absolute atomic E-state index is 13.9. The summed E-state index contributed by atoms with van der Waals surface area (Å²) in [5.74, 6) is 0.397. The van der Waals surface area contributed by atoms with Gasteiger partial charge in [-0.15, -0.1) is 0 Å². The molecule has 0 fully saturated rings. The van der Waals surface area contributed by atoms with Crippen LogP contribution in [0.4, 0.5) is 10.1 Å². The first-order chi connectivity index (χ1) is 19.1. The van der Waals surface area contributed by atoms with Crippen molar-refractivity contribution in [3.63, 3.8) is 0 Å². The van der Waals surface area contributed by atoms with Crippen LogP contribution in [0.2, 0.25) is 0 Å². The molecule has 5 N–H and O–H groups in total. The van der Waals surface area contributed by atoms with Crippen molar-refractivity contribution in [2.75, 3.05) is 5.32 Å². The van der Waals surface area contributed by atoms with Gasteiger partial charge in [0.05, 0.1) is 34.3 Å². The number of halogens is 1. The van der Waals surface area contributed by atoms with Crippen LogP contribution >= 0.6 is 0 Å². The molecule has 0 unspecified atom stereocenters. The highest BCUT2D eigenvalue weighted by molar-refractivity contribution is 6.15. The first-order valence-electron chi connectivity index (χ1n) is 12.6. The van der Waals surface area contributed by atoms with Crippen molar-refractivity contribution in [2.45, 2.75) is 6.54 Å². The maximum Gasteiger partial charge on any atom is 0.139 e. The molecular weight excluding hydrogens is 489 g/mol. The topological polar surface area (TPSA) is 100 Å². The van der Waals surface area contributed by atoms with Crippen LogP contribution < -0.4 is 11.1 Å². The van der Waals surface area contributed by atoms with Crippen LogP contribution in [-0.4, -0.2) is 24.7 Å². The standard InChI is InChI=1S/C31H24FN7/c1-18(33)22-11-10-21(16-26(22)34-17-20-13-14-35-38-20)39-28-7-3-2-5-23(28)30-24(6-4-8-29(30)39)31-36-25-12-9-19(32)15-27(25)37-31/h2-16,34H,1,17,33H2,(H,35,38)(H,36,37). The average molecular weight is 514 g/mol. The van der Waals surface area contributed by atoms with Crippen LogP contribution in [0.25, 0.3) is 55.6 Å². The number of nitrogens with two attached hydrogens (primary N) is 1. The van der Waals surface area contributed by atoms with Crippen molar-refractivity contribution in [3.8, 4) is 17.1 Å². The SMILES string of the molecule is C=C(N)c1ccc(-n2c3ccccc3c3c(-c4nc5ccc(F)cc5[nH]4)cccc32)cc1NCc1ccn[nH]1. The van der Waals surface area contributed by atoms with E-state index in [1.54, 1.807) is 12.3 Å². The Bertz CT molecular complexity index is 2010. The summed E-state index contributed by atoms with van der Waals surface area (Å²) >= 11 is 0. The van der Waals surface area contributed by atoms with E-state index in [1.165, 1.54) is 12.1 Å². The summed E-state index contributed by atoms with van der Waals surface area (Å²) in [6.07, 6.45) is 1.73. The van der Waals surface area contributed by atoms with Gasteiger partial charge in [-0.1, -0.05) is 36.9 Å². The summed E-state index contributed by atoms with van der Waals surface area (Å²) in [7, 11) is 0. The van der Waals surface area contributed by atoms with Gasteiger partial charge in [-0.05, 0) is 54.6 Å². The molecule has 0 amide bonds. The number of aromatic amines is 2. The molecule has 4 aromatic carbocycles. The lowest BCUT2D eigenvalue weighted by Gasteiger charge is -2.15. The van der Waals surface area contributed by atoms with E-state index in [0.717, 1.165) is 55.5 Å². The number of H-pyrrole nitrogens is 2. The smallest absolute Gasteiger partial charge is 0.139 e. The summed E-state index contributed by atoms with van der Waals surface area (Å²) in [6.45, 7) is 4.53. The fourth-order valence-electron chi connectivity index (χ4n) is 5.28. The van der Waals surface area contributed by atoms with Gasteiger partial charge in [-0.25, -0.2) is 9.37 Å². The lowest BCUT2D eigenvalue weighted by Crippen LogP contribution is -2.06. The fraction of sp³-hybridized carbons (Fsp3) is 0.0323. The van der Waals surface area contributed by atoms with Crippen molar-refractivity contribution >= 4 is 44.2 Å². The molecule has 0 aliphatic rings. The Morgan fingerprint density at radius 1 is 0.974 bits per heavy atom. The van der Waals surface area contributed by atoms with Crippen molar-refractivity contribution in [1.29, 1.82) is 0 Å². The zero-order valence-electron chi connectivity index (χ0n) is 20.9. The van der Waals surface area contributed by atoms with Crippen LogP contribution in [0, 0.1) is 5.82 Å². The maximum atomic E-state index is 13.9. The fourth-order valence-corrected chi connectivity index (χ4v) is 5.28. The molecule has 7 nitrogen and oxygen atoms in total. The zero-order valence-corrected chi connectivity index (χ0v) is 20.9. The molecule has 0 spiro atoms. The van der Waals surface area contributed by atoms with Gasteiger partial charge in [-0.3, -0.25) is 5.10 Å². The van der Waals surface area contributed by atoms with Crippen LogP contribution in [-0.2, 0) is 6.54 Å². The number of rotatable bonds is 6. The molecule has 0 saturated heterocycles. The molecule has 190 valence electrons. The lowest BCUT2D eigenvalue weighted by atomic mass is 10.1. The largest absolute Gasteiger partial charge is 0.399 e. The summed E-state index contributed by atoms with van der Waals surface area (Å²) in [6, 6.07) is 27.1. The van der Waals surface area contributed by atoms with Crippen LogP contribution in [0.15, 0.2) is 97.7 Å². The van der Waals surface area contributed by atoms with Crippen LogP contribution in [0.1, 0.15) is 11.3 Å². The number of nitrogens with zero attached hydrogens (tertiary/aromatic N) is 3. The number of nitrogens with one attached hydrogen (secondary N) is 3. The molecule has 8 heteroatoms. The van der Waals surface area contributed by atoms with Crippen LogP contribution in [0.5, 0.6) is 0 Å².